The summed E-state index contributed by atoms with van der Waals surface area (Å²) in [6.45, 7) is 1.83. The van der Waals surface area contributed by atoms with Gasteiger partial charge in [-0.1, -0.05) is 17.7 Å². The Morgan fingerprint density at radius 3 is 2.62 bits per heavy atom. The standard InChI is InChI=1S/C24H19ClFN7O3S/c1-14-4-3-5-22(28-14)33-13-17(12-27-33)37(35,36)31-16-6-8-18-21(11-16)30-32(2)23(18)24(34)29-15-7-9-20(26)19(25)10-15/h3-13,31H,1-2H3,(H,29,34). The van der Waals surface area contributed by atoms with Crippen LogP contribution in [0.1, 0.15) is 16.2 Å². The number of pyridine rings is 1. The number of hydrogen-bond acceptors (Lipinski definition) is 6. The van der Waals surface area contributed by atoms with E-state index in [0.29, 0.717) is 22.4 Å². The van der Waals surface area contributed by atoms with Crippen molar-refractivity contribution in [2.24, 2.45) is 7.05 Å². The van der Waals surface area contributed by atoms with Crippen LogP contribution in [0.5, 0.6) is 0 Å². The number of nitrogens with one attached hydrogen (secondary N) is 2. The van der Waals surface area contributed by atoms with Gasteiger partial charge >= 0.3 is 0 Å². The van der Waals surface area contributed by atoms with Gasteiger partial charge in [0, 0.05) is 23.8 Å². The predicted molar refractivity (Wildman–Crippen MR) is 137 cm³/mol. The number of sulfonamides is 1. The molecule has 0 aliphatic carbocycles. The highest BCUT2D eigenvalue weighted by atomic mass is 35.5. The summed E-state index contributed by atoms with van der Waals surface area (Å²) in [5, 5.41) is 11.5. The number of hydrogen-bond donors (Lipinski definition) is 2. The Morgan fingerprint density at radius 1 is 1.08 bits per heavy atom. The number of carbonyl (C=O) groups excluding carboxylic acids is 1. The van der Waals surface area contributed by atoms with Crippen molar-refractivity contribution in [3.8, 4) is 5.82 Å². The molecule has 0 saturated heterocycles. The molecule has 5 rings (SSSR count). The van der Waals surface area contributed by atoms with Gasteiger partial charge in [0.25, 0.3) is 15.9 Å². The summed E-state index contributed by atoms with van der Waals surface area (Å²) in [6, 6.07) is 13.8. The lowest BCUT2D eigenvalue weighted by atomic mass is 10.2. The van der Waals surface area contributed by atoms with Crippen molar-refractivity contribution in [1.82, 2.24) is 24.5 Å². The second-order valence-corrected chi connectivity index (χ2v) is 10.2. The van der Waals surface area contributed by atoms with Gasteiger partial charge in [-0.3, -0.25) is 14.2 Å². The van der Waals surface area contributed by atoms with Gasteiger partial charge in [0.2, 0.25) is 0 Å². The number of benzene rings is 2. The summed E-state index contributed by atoms with van der Waals surface area (Å²) in [6.07, 6.45) is 2.60. The first-order chi connectivity index (χ1) is 17.6. The highest BCUT2D eigenvalue weighted by Gasteiger charge is 2.21. The van der Waals surface area contributed by atoms with Crippen molar-refractivity contribution in [2.45, 2.75) is 11.8 Å². The maximum atomic E-state index is 13.4. The summed E-state index contributed by atoms with van der Waals surface area (Å²) in [5.74, 6) is -0.594. The lowest BCUT2D eigenvalue weighted by molar-refractivity contribution is 0.101. The smallest absolute Gasteiger partial charge is 0.274 e. The van der Waals surface area contributed by atoms with Gasteiger partial charge < -0.3 is 5.32 Å². The fraction of sp³-hybridized carbons (Fsp3) is 0.0833. The van der Waals surface area contributed by atoms with E-state index in [-0.39, 0.29) is 21.3 Å². The fourth-order valence-corrected chi connectivity index (χ4v) is 4.90. The van der Waals surface area contributed by atoms with Crippen molar-refractivity contribution < 1.29 is 17.6 Å². The van der Waals surface area contributed by atoms with Crippen LogP contribution in [0, 0.1) is 12.7 Å². The van der Waals surface area contributed by atoms with E-state index in [1.54, 1.807) is 25.2 Å². The van der Waals surface area contributed by atoms with E-state index >= 15 is 0 Å². The van der Waals surface area contributed by atoms with E-state index < -0.39 is 21.7 Å². The Hall–Kier alpha value is -4.29. The first-order valence-corrected chi connectivity index (χ1v) is 12.7. The molecule has 0 bridgehead atoms. The molecule has 0 atom stereocenters. The topological polar surface area (TPSA) is 124 Å². The van der Waals surface area contributed by atoms with Crippen molar-refractivity contribution in [3.63, 3.8) is 0 Å². The van der Waals surface area contributed by atoms with Crippen molar-refractivity contribution in [3.05, 3.63) is 89.2 Å². The van der Waals surface area contributed by atoms with Gasteiger partial charge in [0.1, 0.15) is 16.4 Å². The van der Waals surface area contributed by atoms with Gasteiger partial charge in [-0.05, 0) is 55.5 Å². The number of carbonyl (C=O) groups is 1. The van der Waals surface area contributed by atoms with Crippen LogP contribution < -0.4 is 10.0 Å². The maximum Gasteiger partial charge on any atom is 0.274 e. The van der Waals surface area contributed by atoms with Crippen LogP contribution in [0.3, 0.4) is 0 Å². The molecule has 5 aromatic rings. The van der Waals surface area contributed by atoms with E-state index in [1.165, 1.54) is 46.0 Å². The zero-order valence-electron chi connectivity index (χ0n) is 19.5. The fourth-order valence-electron chi connectivity index (χ4n) is 3.74. The molecular formula is C24H19ClFN7O3S. The van der Waals surface area contributed by atoms with E-state index in [9.17, 15) is 17.6 Å². The van der Waals surface area contributed by atoms with E-state index in [4.69, 9.17) is 11.6 Å². The SMILES string of the molecule is Cc1cccc(-n2cc(S(=O)(=O)Nc3ccc4c(C(=O)Nc5ccc(F)c(Cl)c5)n(C)nc4c3)cn2)n1. The van der Waals surface area contributed by atoms with Crippen LogP contribution in [0.25, 0.3) is 16.7 Å². The molecular weight excluding hydrogens is 521 g/mol. The van der Waals surface area contributed by atoms with E-state index in [2.05, 4.69) is 25.2 Å². The predicted octanol–water partition coefficient (Wildman–Crippen LogP) is 4.31. The maximum absolute atomic E-state index is 13.4. The lowest BCUT2D eigenvalue weighted by Gasteiger charge is -2.07. The Balaban J connectivity index is 1.39. The third-order valence-corrected chi connectivity index (χ3v) is 7.08. The average molecular weight is 540 g/mol. The zero-order valence-corrected chi connectivity index (χ0v) is 21.0. The minimum absolute atomic E-state index is 0.0463. The average Bonchev–Trinajstić information content (AvgIpc) is 3.46. The third-order valence-electron chi connectivity index (χ3n) is 5.46. The number of aryl methyl sites for hydroxylation is 2. The molecule has 0 saturated carbocycles. The van der Waals surface area contributed by atoms with Crippen molar-refractivity contribution in [2.75, 3.05) is 10.0 Å². The van der Waals surface area contributed by atoms with Gasteiger partial charge in [-0.15, -0.1) is 0 Å². The largest absolute Gasteiger partial charge is 0.321 e. The summed E-state index contributed by atoms with van der Waals surface area (Å²) in [4.78, 5) is 17.2. The minimum atomic E-state index is -3.97. The Labute approximate surface area is 215 Å². The molecule has 0 radical (unpaired) electrons. The van der Waals surface area contributed by atoms with Gasteiger partial charge in [0.15, 0.2) is 5.82 Å². The first kappa shape index (κ1) is 24.4. The highest BCUT2D eigenvalue weighted by molar-refractivity contribution is 7.92. The van der Waals surface area contributed by atoms with E-state index in [1.807, 2.05) is 13.0 Å². The Bertz CT molecular complexity index is 1780. The monoisotopic (exact) mass is 539 g/mol. The number of halogens is 2. The molecule has 0 spiro atoms. The highest BCUT2D eigenvalue weighted by Crippen LogP contribution is 2.26. The number of rotatable bonds is 6. The Kier molecular flexibility index (Phi) is 6.13. The molecule has 37 heavy (non-hydrogen) atoms. The molecule has 1 amide bonds. The molecule has 13 heteroatoms. The lowest BCUT2D eigenvalue weighted by Crippen LogP contribution is -2.16. The van der Waals surface area contributed by atoms with Gasteiger partial charge in [0.05, 0.1) is 28.6 Å². The van der Waals surface area contributed by atoms with Gasteiger partial charge in [-0.25, -0.2) is 22.5 Å². The molecule has 188 valence electrons. The molecule has 3 heterocycles. The van der Waals surface area contributed by atoms with Crippen LogP contribution in [0.2, 0.25) is 5.02 Å². The zero-order chi connectivity index (χ0) is 26.3. The summed E-state index contributed by atoms with van der Waals surface area (Å²) < 4.78 is 44.6. The normalized spacial score (nSPS) is 11.6. The van der Waals surface area contributed by atoms with Crippen LogP contribution in [-0.2, 0) is 17.1 Å². The molecule has 10 nitrogen and oxygen atoms in total. The van der Waals surface area contributed by atoms with Crippen LogP contribution in [0.4, 0.5) is 15.8 Å². The molecule has 2 aromatic carbocycles. The van der Waals surface area contributed by atoms with Crippen LogP contribution in [-0.4, -0.2) is 38.9 Å². The first-order valence-electron chi connectivity index (χ1n) is 10.9. The molecule has 0 aliphatic rings. The third kappa shape index (κ3) is 4.88. The number of amides is 1. The number of aromatic nitrogens is 5. The number of anilines is 2. The van der Waals surface area contributed by atoms with Crippen molar-refractivity contribution in [1.29, 1.82) is 0 Å². The second kappa shape index (κ2) is 9.30. The number of nitrogens with zero attached hydrogens (tertiary/aromatic N) is 5. The number of fused-ring (bicyclic) bond motifs is 1. The van der Waals surface area contributed by atoms with Gasteiger partial charge in [-0.2, -0.15) is 10.2 Å². The van der Waals surface area contributed by atoms with Crippen LogP contribution >= 0.6 is 11.6 Å². The summed E-state index contributed by atoms with van der Waals surface area (Å²) >= 11 is 5.79. The van der Waals surface area contributed by atoms with Crippen molar-refractivity contribution >= 4 is 49.8 Å². The molecule has 2 N–H and O–H groups in total. The molecule has 0 aliphatic heterocycles. The Morgan fingerprint density at radius 2 is 1.86 bits per heavy atom. The molecule has 0 fully saturated rings. The minimum Gasteiger partial charge on any atom is -0.321 e. The quantitative estimate of drug-likeness (QED) is 0.331. The van der Waals surface area contributed by atoms with E-state index in [0.717, 1.165) is 11.8 Å². The summed E-state index contributed by atoms with van der Waals surface area (Å²) in [7, 11) is -2.38. The summed E-state index contributed by atoms with van der Waals surface area (Å²) in [5.41, 5.74) is 1.97. The molecule has 3 aromatic heterocycles. The molecule has 0 unspecified atom stereocenters. The second-order valence-electron chi connectivity index (χ2n) is 8.15. The van der Waals surface area contributed by atoms with Crippen LogP contribution in [0.15, 0.2) is 71.9 Å².